The summed E-state index contributed by atoms with van der Waals surface area (Å²) < 4.78 is 5.17. The lowest BCUT2D eigenvalue weighted by Gasteiger charge is -2.39. The second-order valence-corrected chi connectivity index (χ2v) is 7.82. The third-order valence-electron chi connectivity index (χ3n) is 4.64. The van der Waals surface area contributed by atoms with Gasteiger partial charge in [-0.15, -0.1) is 0 Å². The summed E-state index contributed by atoms with van der Waals surface area (Å²) in [4.78, 5) is 54.4. The van der Waals surface area contributed by atoms with Crippen molar-refractivity contribution >= 4 is 23.9 Å². The number of nitrogens with zero attached hydrogens (tertiary/aromatic N) is 1. The summed E-state index contributed by atoms with van der Waals surface area (Å²) in [5.74, 6) is -2.05. The van der Waals surface area contributed by atoms with Crippen LogP contribution in [0.3, 0.4) is 0 Å². The van der Waals surface area contributed by atoms with Gasteiger partial charge in [0.25, 0.3) is 11.8 Å². The maximum Gasteiger partial charge on any atom is 0.407 e. The molecule has 3 amide bonds. The lowest BCUT2D eigenvalue weighted by Crippen LogP contribution is -2.51. The van der Waals surface area contributed by atoms with Gasteiger partial charge in [-0.05, 0) is 45.7 Å². The number of hydrogen-bond donors (Lipinski definition) is 1. The minimum Gasteiger partial charge on any atom is -0.444 e. The summed E-state index contributed by atoms with van der Waals surface area (Å²) in [6.07, 6.45) is 1.13. The van der Waals surface area contributed by atoms with Gasteiger partial charge in [0.05, 0.1) is 16.5 Å². The maximum absolute atomic E-state index is 12.7. The van der Waals surface area contributed by atoms with Gasteiger partial charge in [0, 0.05) is 6.54 Å². The Kier molecular flexibility index (Phi) is 4.67. The van der Waals surface area contributed by atoms with Crippen molar-refractivity contribution in [3.63, 3.8) is 0 Å². The molecule has 0 atom stereocenters. The number of carbonyl (C=O) groups excluding carboxylic acids is 4. The molecule has 1 N–H and O–H groups in total. The number of rotatable bonds is 4. The number of nitrogens with one attached hydrogen (secondary N) is 1. The average Bonchev–Trinajstić information content (AvgIpc) is 2.78. The molecule has 8 heteroatoms. The van der Waals surface area contributed by atoms with E-state index in [0.29, 0.717) is 17.9 Å². The van der Waals surface area contributed by atoms with Crippen LogP contribution in [0.1, 0.15) is 60.7 Å². The fourth-order valence-corrected chi connectivity index (χ4v) is 3.04. The molecule has 0 unspecified atom stereocenters. The predicted octanol–water partition coefficient (Wildman–Crippen LogP) is 2.44. The van der Waals surface area contributed by atoms with E-state index in [0.717, 1.165) is 6.42 Å². The summed E-state index contributed by atoms with van der Waals surface area (Å²) in [6.45, 7) is 5.23. The first-order valence-corrected chi connectivity index (χ1v) is 8.80. The van der Waals surface area contributed by atoms with Crippen LogP contribution in [0.15, 0.2) is 24.3 Å². The van der Waals surface area contributed by atoms with E-state index in [1.165, 1.54) is 12.1 Å². The molecule has 0 aromatic heterocycles. The first-order valence-electron chi connectivity index (χ1n) is 8.80. The van der Waals surface area contributed by atoms with Crippen LogP contribution in [0.5, 0.6) is 0 Å². The average molecular weight is 374 g/mol. The molecule has 8 nitrogen and oxygen atoms in total. The van der Waals surface area contributed by atoms with Crippen molar-refractivity contribution in [1.82, 2.24) is 10.4 Å². The van der Waals surface area contributed by atoms with Gasteiger partial charge in [0.1, 0.15) is 5.60 Å². The Morgan fingerprint density at radius 1 is 1.11 bits per heavy atom. The van der Waals surface area contributed by atoms with Gasteiger partial charge in [-0.25, -0.2) is 9.59 Å². The van der Waals surface area contributed by atoms with E-state index in [-0.39, 0.29) is 17.7 Å². The number of amides is 3. The molecule has 2 aliphatic rings. The zero-order valence-corrected chi connectivity index (χ0v) is 15.5. The fraction of sp³-hybridized carbons (Fsp3) is 0.474. The smallest absolute Gasteiger partial charge is 0.407 e. The van der Waals surface area contributed by atoms with E-state index >= 15 is 0 Å². The minimum absolute atomic E-state index is 0.0178. The molecule has 1 fully saturated rings. The molecule has 1 saturated carbocycles. The predicted molar refractivity (Wildman–Crippen MR) is 93.6 cm³/mol. The summed E-state index contributed by atoms with van der Waals surface area (Å²) in [5.41, 5.74) is -1.22. The van der Waals surface area contributed by atoms with Crippen molar-refractivity contribution in [3.05, 3.63) is 35.4 Å². The molecule has 1 aromatic rings. The number of benzene rings is 1. The van der Waals surface area contributed by atoms with Gasteiger partial charge in [-0.2, -0.15) is 0 Å². The van der Waals surface area contributed by atoms with Crippen LogP contribution in [0.4, 0.5) is 4.79 Å². The molecule has 0 saturated heterocycles. The Hall–Kier alpha value is -2.90. The second kappa shape index (κ2) is 6.68. The Morgan fingerprint density at radius 2 is 1.67 bits per heavy atom. The largest absolute Gasteiger partial charge is 0.444 e. The Balaban J connectivity index is 1.65. The SMILES string of the molecule is CC(C)(C)OC(=O)NCC1(C(=O)ON2C(=O)c3ccccc3C2=O)CCC1. The molecule has 0 spiro atoms. The van der Waals surface area contributed by atoms with Gasteiger partial charge in [-0.3, -0.25) is 9.59 Å². The van der Waals surface area contributed by atoms with E-state index < -0.39 is 34.9 Å². The van der Waals surface area contributed by atoms with Crippen LogP contribution < -0.4 is 5.32 Å². The quantitative estimate of drug-likeness (QED) is 0.812. The number of alkyl carbamates (subject to hydrolysis) is 1. The molecule has 1 aliphatic carbocycles. The lowest BCUT2D eigenvalue weighted by molar-refractivity contribution is -0.186. The number of imide groups is 1. The van der Waals surface area contributed by atoms with Gasteiger partial charge in [0.2, 0.25) is 0 Å². The molecule has 0 bridgehead atoms. The third kappa shape index (κ3) is 3.65. The van der Waals surface area contributed by atoms with Crippen LogP contribution in [-0.2, 0) is 14.4 Å². The van der Waals surface area contributed by atoms with Gasteiger partial charge in [0.15, 0.2) is 0 Å². The Morgan fingerprint density at radius 3 is 2.11 bits per heavy atom. The molecule has 1 aromatic carbocycles. The Labute approximate surface area is 156 Å². The summed E-state index contributed by atoms with van der Waals surface area (Å²) in [6, 6.07) is 6.28. The minimum atomic E-state index is -0.966. The van der Waals surface area contributed by atoms with Crippen LogP contribution in [0.2, 0.25) is 0 Å². The molecule has 3 rings (SSSR count). The Bertz CT molecular complexity index is 772. The maximum atomic E-state index is 12.7. The summed E-state index contributed by atoms with van der Waals surface area (Å²) in [5, 5.41) is 3.08. The molecule has 144 valence electrons. The zero-order valence-electron chi connectivity index (χ0n) is 15.5. The van der Waals surface area contributed by atoms with Gasteiger partial charge >= 0.3 is 12.1 Å². The fourth-order valence-electron chi connectivity index (χ4n) is 3.04. The number of carbonyl (C=O) groups is 4. The van der Waals surface area contributed by atoms with E-state index in [1.54, 1.807) is 32.9 Å². The summed E-state index contributed by atoms with van der Waals surface area (Å²) in [7, 11) is 0. The van der Waals surface area contributed by atoms with Crippen LogP contribution in [0, 0.1) is 5.41 Å². The van der Waals surface area contributed by atoms with Crippen molar-refractivity contribution in [2.45, 2.75) is 45.6 Å². The van der Waals surface area contributed by atoms with Gasteiger partial charge < -0.3 is 14.9 Å². The summed E-state index contributed by atoms with van der Waals surface area (Å²) >= 11 is 0. The van der Waals surface area contributed by atoms with Crippen molar-refractivity contribution < 1.29 is 28.8 Å². The van der Waals surface area contributed by atoms with Crippen LogP contribution in [-0.4, -0.2) is 41.1 Å². The first kappa shape index (κ1) is 18.9. The lowest BCUT2D eigenvalue weighted by atomic mass is 9.69. The zero-order chi connectivity index (χ0) is 19.8. The highest BCUT2D eigenvalue weighted by Crippen LogP contribution is 2.42. The highest BCUT2D eigenvalue weighted by molar-refractivity contribution is 6.20. The first-order chi connectivity index (χ1) is 12.6. The van der Waals surface area contributed by atoms with Crippen molar-refractivity contribution in [3.8, 4) is 0 Å². The highest BCUT2D eigenvalue weighted by atomic mass is 16.7. The van der Waals surface area contributed by atoms with E-state index in [1.807, 2.05) is 0 Å². The number of ether oxygens (including phenoxy) is 1. The number of fused-ring (bicyclic) bond motifs is 1. The van der Waals surface area contributed by atoms with E-state index in [9.17, 15) is 19.2 Å². The monoisotopic (exact) mass is 374 g/mol. The number of hydrogen-bond acceptors (Lipinski definition) is 6. The normalized spacial score (nSPS) is 17.8. The molecular weight excluding hydrogens is 352 g/mol. The highest BCUT2D eigenvalue weighted by Gasteiger charge is 2.49. The molecular formula is C19H22N2O6. The van der Waals surface area contributed by atoms with E-state index in [4.69, 9.17) is 9.57 Å². The van der Waals surface area contributed by atoms with Crippen molar-refractivity contribution in [2.75, 3.05) is 6.54 Å². The number of hydroxylamine groups is 2. The standard InChI is InChI=1S/C19H22N2O6/c1-18(2,3)26-17(25)20-11-19(9-6-10-19)16(24)27-21-14(22)12-7-4-5-8-13(12)15(21)23/h4-5,7-8H,6,9-11H2,1-3H3,(H,20,25). The molecule has 0 radical (unpaired) electrons. The van der Waals surface area contributed by atoms with Crippen LogP contribution >= 0.6 is 0 Å². The van der Waals surface area contributed by atoms with Crippen molar-refractivity contribution in [2.24, 2.45) is 5.41 Å². The topological polar surface area (TPSA) is 102 Å². The third-order valence-corrected chi connectivity index (χ3v) is 4.64. The van der Waals surface area contributed by atoms with Crippen LogP contribution in [0.25, 0.3) is 0 Å². The second-order valence-electron chi connectivity index (χ2n) is 7.82. The molecule has 1 heterocycles. The van der Waals surface area contributed by atoms with Gasteiger partial charge in [-0.1, -0.05) is 23.6 Å². The molecule has 1 aliphatic heterocycles. The molecule has 27 heavy (non-hydrogen) atoms. The van der Waals surface area contributed by atoms with E-state index in [2.05, 4.69) is 5.32 Å². The van der Waals surface area contributed by atoms with Crippen molar-refractivity contribution in [1.29, 1.82) is 0 Å².